The molecule has 0 aliphatic heterocycles. The van der Waals surface area contributed by atoms with E-state index in [-0.39, 0.29) is 5.92 Å². The van der Waals surface area contributed by atoms with Gasteiger partial charge in [0, 0.05) is 0 Å². The second-order valence-corrected chi connectivity index (χ2v) is 5.75. The molecule has 0 heterocycles. The van der Waals surface area contributed by atoms with E-state index in [4.69, 9.17) is 9.47 Å². The summed E-state index contributed by atoms with van der Waals surface area (Å²) in [4.78, 5) is 0. The van der Waals surface area contributed by atoms with Crippen LogP contribution in [-0.2, 0) is 5.60 Å². The lowest BCUT2D eigenvalue weighted by molar-refractivity contribution is -0.0655. The molecular formula is C16H24O3. The minimum atomic E-state index is -0.865. The summed E-state index contributed by atoms with van der Waals surface area (Å²) >= 11 is 0. The molecule has 1 aliphatic carbocycles. The van der Waals surface area contributed by atoms with Crippen molar-refractivity contribution in [3.05, 3.63) is 23.8 Å². The van der Waals surface area contributed by atoms with E-state index in [9.17, 15) is 5.11 Å². The first kappa shape index (κ1) is 14.2. The largest absolute Gasteiger partial charge is 0.496 e. The van der Waals surface area contributed by atoms with Crippen molar-refractivity contribution in [1.82, 2.24) is 0 Å². The van der Waals surface area contributed by atoms with E-state index in [1.807, 2.05) is 18.2 Å². The Morgan fingerprint density at radius 2 is 1.68 bits per heavy atom. The number of hydrogen-bond acceptors (Lipinski definition) is 3. The van der Waals surface area contributed by atoms with Gasteiger partial charge in [-0.25, -0.2) is 0 Å². The van der Waals surface area contributed by atoms with Gasteiger partial charge in [-0.15, -0.1) is 0 Å². The molecule has 106 valence electrons. The van der Waals surface area contributed by atoms with Crippen molar-refractivity contribution in [3.8, 4) is 11.5 Å². The summed E-state index contributed by atoms with van der Waals surface area (Å²) < 4.78 is 10.9. The summed E-state index contributed by atoms with van der Waals surface area (Å²) in [5.41, 5.74) is -0.0608. The van der Waals surface area contributed by atoms with Gasteiger partial charge in [-0.2, -0.15) is 0 Å². The molecule has 0 amide bonds. The summed E-state index contributed by atoms with van der Waals surface area (Å²) in [5.74, 6) is 2.13. The standard InChI is InChI=1S/C16H24O3/c1-11-8-9-12(2)16(17,10-11)15-13(18-3)6-5-7-14(15)19-4/h5-7,11-12,17H,8-10H2,1-4H3. The van der Waals surface area contributed by atoms with Gasteiger partial charge in [0.05, 0.1) is 25.4 Å². The van der Waals surface area contributed by atoms with E-state index < -0.39 is 5.60 Å². The van der Waals surface area contributed by atoms with E-state index in [2.05, 4.69) is 13.8 Å². The first-order valence-electron chi connectivity index (χ1n) is 6.96. The van der Waals surface area contributed by atoms with E-state index in [0.717, 1.165) is 18.4 Å². The Balaban J connectivity index is 2.54. The summed E-state index contributed by atoms with van der Waals surface area (Å²) in [5, 5.41) is 11.2. The lowest BCUT2D eigenvalue weighted by Crippen LogP contribution is -2.39. The van der Waals surface area contributed by atoms with Crippen molar-refractivity contribution in [2.75, 3.05) is 14.2 Å². The Morgan fingerprint density at radius 3 is 2.21 bits per heavy atom. The molecule has 0 saturated heterocycles. The Bertz CT molecular complexity index is 421. The van der Waals surface area contributed by atoms with Crippen LogP contribution >= 0.6 is 0 Å². The van der Waals surface area contributed by atoms with Crippen LogP contribution in [0, 0.1) is 11.8 Å². The molecule has 3 unspecified atom stereocenters. The quantitative estimate of drug-likeness (QED) is 0.910. The minimum Gasteiger partial charge on any atom is -0.496 e. The van der Waals surface area contributed by atoms with Gasteiger partial charge in [-0.3, -0.25) is 0 Å². The normalized spacial score (nSPS) is 31.0. The number of methoxy groups -OCH3 is 2. The fourth-order valence-electron chi connectivity index (χ4n) is 3.23. The molecule has 1 fully saturated rings. The first-order chi connectivity index (χ1) is 9.02. The van der Waals surface area contributed by atoms with Crippen molar-refractivity contribution in [3.63, 3.8) is 0 Å². The van der Waals surface area contributed by atoms with Gasteiger partial charge in [-0.1, -0.05) is 26.3 Å². The SMILES string of the molecule is COc1cccc(OC)c1C1(O)CC(C)CCC1C. The molecular weight excluding hydrogens is 240 g/mol. The molecule has 19 heavy (non-hydrogen) atoms. The Kier molecular flexibility index (Phi) is 4.04. The van der Waals surface area contributed by atoms with Crippen LogP contribution in [-0.4, -0.2) is 19.3 Å². The van der Waals surface area contributed by atoms with Gasteiger partial charge in [0.25, 0.3) is 0 Å². The number of benzene rings is 1. The summed E-state index contributed by atoms with van der Waals surface area (Å²) in [6, 6.07) is 5.67. The zero-order chi connectivity index (χ0) is 14.0. The highest BCUT2D eigenvalue weighted by molar-refractivity contribution is 5.49. The molecule has 2 rings (SSSR count). The number of hydrogen-bond donors (Lipinski definition) is 1. The highest BCUT2D eigenvalue weighted by Gasteiger charge is 2.44. The zero-order valence-electron chi connectivity index (χ0n) is 12.3. The molecule has 1 N–H and O–H groups in total. The van der Waals surface area contributed by atoms with Crippen molar-refractivity contribution in [1.29, 1.82) is 0 Å². The van der Waals surface area contributed by atoms with Gasteiger partial charge in [0.2, 0.25) is 0 Å². The van der Waals surface area contributed by atoms with E-state index >= 15 is 0 Å². The third kappa shape index (κ3) is 2.44. The van der Waals surface area contributed by atoms with Gasteiger partial charge < -0.3 is 14.6 Å². The van der Waals surface area contributed by atoms with Crippen LogP contribution in [0.1, 0.15) is 38.7 Å². The van der Waals surface area contributed by atoms with Crippen molar-refractivity contribution >= 4 is 0 Å². The molecule has 1 saturated carbocycles. The number of aliphatic hydroxyl groups is 1. The number of rotatable bonds is 3. The molecule has 1 aliphatic rings. The van der Waals surface area contributed by atoms with Crippen LogP contribution in [0.25, 0.3) is 0 Å². The minimum absolute atomic E-state index is 0.203. The van der Waals surface area contributed by atoms with Crippen LogP contribution < -0.4 is 9.47 Å². The van der Waals surface area contributed by atoms with Gasteiger partial charge >= 0.3 is 0 Å². The molecule has 0 aromatic heterocycles. The van der Waals surface area contributed by atoms with E-state index in [0.29, 0.717) is 17.4 Å². The predicted molar refractivity (Wildman–Crippen MR) is 75.6 cm³/mol. The molecule has 0 spiro atoms. The second kappa shape index (κ2) is 5.41. The highest BCUT2D eigenvalue weighted by Crippen LogP contribution is 2.49. The molecule has 0 bridgehead atoms. The monoisotopic (exact) mass is 264 g/mol. The average Bonchev–Trinajstić information content (AvgIpc) is 2.42. The maximum Gasteiger partial charge on any atom is 0.128 e. The Hall–Kier alpha value is -1.22. The molecule has 3 nitrogen and oxygen atoms in total. The van der Waals surface area contributed by atoms with Crippen LogP contribution in [0.2, 0.25) is 0 Å². The summed E-state index contributed by atoms with van der Waals surface area (Å²) in [6.45, 7) is 4.30. The predicted octanol–water partition coefficient (Wildman–Crippen LogP) is 3.35. The third-order valence-corrected chi connectivity index (χ3v) is 4.43. The van der Waals surface area contributed by atoms with Gasteiger partial charge in [-0.05, 0) is 36.8 Å². The molecule has 3 atom stereocenters. The fraction of sp³-hybridized carbons (Fsp3) is 0.625. The van der Waals surface area contributed by atoms with Crippen LogP contribution in [0.5, 0.6) is 11.5 Å². The summed E-state index contributed by atoms with van der Waals surface area (Å²) in [6.07, 6.45) is 2.95. The smallest absolute Gasteiger partial charge is 0.128 e. The zero-order valence-corrected chi connectivity index (χ0v) is 12.3. The lowest BCUT2D eigenvalue weighted by atomic mass is 9.68. The second-order valence-electron chi connectivity index (χ2n) is 5.75. The van der Waals surface area contributed by atoms with Crippen molar-refractivity contribution in [2.24, 2.45) is 11.8 Å². The highest BCUT2D eigenvalue weighted by atomic mass is 16.5. The Labute approximate surface area is 115 Å². The van der Waals surface area contributed by atoms with E-state index in [1.165, 1.54) is 6.42 Å². The first-order valence-corrected chi connectivity index (χ1v) is 6.96. The topological polar surface area (TPSA) is 38.7 Å². The molecule has 0 radical (unpaired) electrons. The van der Waals surface area contributed by atoms with Gasteiger partial charge in [0.15, 0.2) is 0 Å². The fourth-order valence-corrected chi connectivity index (χ4v) is 3.23. The molecule has 1 aromatic rings. The maximum atomic E-state index is 11.2. The molecule has 3 heteroatoms. The molecule has 1 aromatic carbocycles. The average molecular weight is 264 g/mol. The number of ether oxygens (including phenoxy) is 2. The Morgan fingerprint density at radius 1 is 1.11 bits per heavy atom. The van der Waals surface area contributed by atoms with Crippen LogP contribution in [0.15, 0.2) is 18.2 Å². The van der Waals surface area contributed by atoms with Crippen LogP contribution in [0.4, 0.5) is 0 Å². The van der Waals surface area contributed by atoms with Crippen molar-refractivity contribution in [2.45, 2.75) is 38.7 Å². The van der Waals surface area contributed by atoms with E-state index in [1.54, 1.807) is 14.2 Å². The van der Waals surface area contributed by atoms with Gasteiger partial charge in [0.1, 0.15) is 11.5 Å². The third-order valence-electron chi connectivity index (χ3n) is 4.43. The van der Waals surface area contributed by atoms with Crippen molar-refractivity contribution < 1.29 is 14.6 Å². The van der Waals surface area contributed by atoms with Crippen LogP contribution in [0.3, 0.4) is 0 Å². The maximum absolute atomic E-state index is 11.2. The lowest BCUT2D eigenvalue weighted by Gasteiger charge is -2.42. The summed E-state index contributed by atoms with van der Waals surface area (Å²) in [7, 11) is 3.27.